The number of carbonyl (C=O) groups is 1. The van der Waals surface area contributed by atoms with Gasteiger partial charge in [0.05, 0.1) is 0 Å². The second-order valence-electron chi connectivity index (χ2n) is 7.62. The van der Waals surface area contributed by atoms with Gasteiger partial charge in [-0.25, -0.2) is 0 Å². The summed E-state index contributed by atoms with van der Waals surface area (Å²) in [5, 5.41) is 10.5. The molecular weight excluding hydrogens is 484 g/mol. The molecule has 0 aromatic heterocycles. The average Bonchev–Trinajstić information content (AvgIpc) is 3.23. The van der Waals surface area contributed by atoms with Gasteiger partial charge in [-0.1, -0.05) is 0 Å². The van der Waals surface area contributed by atoms with E-state index >= 15 is 0 Å². The zero-order valence-corrected chi connectivity index (χ0v) is 15.8. The fourth-order valence-corrected chi connectivity index (χ4v) is 8.19. The van der Waals surface area contributed by atoms with E-state index in [2.05, 4.69) is 26.1 Å². The van der Waals surface area contributed by atoms with Crippen LogP contribution >= 0.6 is 22.6 Å². The third kappa shape index (κ3) is 2.42. The van der Waals surface area contributed by atoms with E-state index in [0.29, 0.717) is 16.1 Å². The molecule has 3 aliphatic carbocycles. The number of hydrogen-bond acceptors (Lipinski definition) is 4. The van der Waals surface area contributed by atoms with Crippen LogP contribution in [-0.2, 0) is 9.53 Å². The van der Waals surface area contributed by atoms with Gasteiger partial charge in [0, 0.05) is 0 Å². The maximum atomic E-state index is 12.1. The summed E-state index contributed by atoms with van der Waals surface area (Å²) in [7, 11) is 0. The molecule has 6 unspecified atom stereocenters. The molecule has 3 saturated carbocycles. The molecule has 4 nitrogen and oxygen atoms in total. The van der Waals surface area contributed by atoms with Gasteiger partial charge in [0.2, 0.25) is 0 Å². The molecular formula is C14H20I2NO3-. The Morgan fingerprint density at radius 3 is 2.95 bits per heavy atom. The first-order valence-electron chi connectivity index (χ1n) is 7.24. The molecule has 2 bridgehead atoms. The molecule has 1 aliphatic heterocycles. The second kappa shape index (κ2) is 4.44. The zero-order valence-electron chi connectivity index (χ0n) is 11.5. The molecule has 1 spiro atoms. The third-order valence-corrected chi connectivity index (χ3v) is 10.2. The number of halogens is 2. The van der Waals surface area contributed by atoms with Crippen LogP contribution in [0.25, 0.3) is 0 Å². The first kappa shape index (κ1) is 14.4. The maximum absolute atomic E-state index is 12.1. The summed E-state index contributed by atoms with van der Waals surface area (Å²) >= 11 is 2.25. The third-order valence-electron chi connectivity index (χ3n) is 5.49. The summed E-state index contributed by atoms with van der Waals surface area (Å²) < 4.78 is 9.31. The molecule has 0 aromatic rings. The number of rotatable bonds is 4. The molecule has 6 atom stereocenters. The van der Waals surface area contributed by atoms with Gasteiger partial charge in [0.1, 0.15) is 0 Å². The van der Waals surface area contributed by atoms with Crippen LogP contribution in [-0.4, -0.2) is 31.3 Å². The summed E-state index contributed by atoms with van der Waals surface area (Å²) in [4.78, 5) is 12.1. The normalized spacial score (nSPS) is 53.5. The summed E-state index contributed by atoms with van der Waals surface area (Å²) in [5.74, 6) is 0.719. The number of aliphatic hydroxyl groups is 1. The van der Waals surface area contributed by atoms with Crippen molar-refractivity contribution in [2.45, 2.75) is 52.6 Å². The van der Waals surface area contributed by atoms with Gasteiger partial charge in [-0.3, -0.25) is 0 Å². The van der Waals surface area contributed by atoms with Crippen LogP contribution in [0, 0.1) is 16.7 Å². The van der Waals surface area contributed by atoms with Crippen molar-refractivity contribution in [3.63, 3.8) is 0 Å². The summed E-state index contributed by atoms with van der Waals surface area (Å²) in [6.07, 6.45) is 5.34. The van der Waals surface area contributed by atoms with Crippen LogP contribution in [0.3, 0.4) is 0 Å². The van der Waals surface area contributed by atoms with Crippen LogP contribution in [0.2, 0.25) is 0 Å². The monoisotopic (exact) mass is 504 g/mol. The van der Waals surface area contributed by atoms with Gasteiger partial charge in [0.15, 0.2) is 0 Å². The molecule has 0 amide bonds. The van der Waals surface area contributed by atoms with E-state index < -0.39 is 5.60 Å². The number of carbonyl (C=O) groups excluding carboxylic acids is 1. The zero-order chi connectivity index (χ0) is 14.2. The Bertz CT molecular complexity index is 467. The van der Waals surface area contributed by atoms with E-state index in [1.165, 1.54) is 6.42 Å². The number of esters is 1. The molecule has 20 heavy (non-hydrogen) atoms. The van der Waals surface area contributed by atoms with Crippen molar-refractivity contribution in [3.05, 3.63) is 0 Å². The second-order valence-corrected chi connectivity index (χ2v) is 11.6. The van der Waals surface area contributed by atoms with Gasteiger partial charge in [0.25, 0.3) is 0 Å². The fraction of sp³-hybridized carbons (Fsp3) is 0.929. The van der Waals surface area contributed by atoms with Crippen LogP contribution in [0.15, 0.2) is 0 Å². The molecule has 4 fully saturated rings. The Morgan fingerprint density at radius 2 is 2.25 bits per heavy atom. The van der Waals surface area contributed by atoms with Crippen molar-refractivity contribution in [3.8, 4) is 0 Å². The number of nitrogens with one attached hydrogen (secondary N) is 1. The van der Waals surface area contributed by atoms with Gasteiger partial charge in [-0.15, -0.1) is 0 Å². The molecule has 6 heteroatoms. The summed E-state index contributed by atoms with van der Waals surface area (Å²) in [6, 6.07) is 0. The van der Waals surface area contributed by atoms with Gasteiger partial charge >= 0.3 is 144 Å². The molecule has 0 aromatic carbocycles. The van der Waals surface area contributed by atoms with Crippen molar-refractivity contribution in [1.29, 1.82) is 0 Å². The van der Waals surface area contributed by atoms with Crippen molar-refractivity contribution in [2.75, 3.05) is 6.61 Å². The average molecular weight is 504 g/mol. The van der Waals surface area contributed by atoms with Crippen molar-refractivity contribution in [2.24, 2.45) is 16.7 Å². The van der Waals surface area contributed by atoms with Crippen molar-refractivity contribution < 1.29 is 36.1 Å². The first-order chi connectivity index (χ1) is 9.33. The Balaban J connectivity index is 1.42. The summed E-state index contributed by atoms with van der Waals surface area (Å²) in [5.41, 5.74) is -0.118. The Kier molecular flexibility index (Phi) is 3.21. The Labute approximate surface area is 143 Å². The van der Waals surface area contributed by atoms with Crippen LogP contribution < -0.4 is 25.0 Å². The minimum absolute atomic E-state index is 0.0224. The number of alkyl halides is 2. The molecule has 1 heterocycles. The molecule has 4 aliphatic rings. The molecule has 4 rings (SSSR count). The van der Waals surface area contributed by atoms with Gasteiger partial charge < -0.3 is 0 Å². The number of hydrogen-bond donors (Lipinski definition) is 2. The quantitative estimate of drug-likeness (QED) is 0.124. The van der Waals surface area contributed by atoms with Gasteiger partial charge in [-0.05, 0) is 0 Å². The van der Waals surface area contributed by atoms with Crippen molar-refractivity contribution >= 4 is 28.6 Å². The number of ether oxygens (including phenoxy) is 1. The Hall–Kier alpha value is 0.850. The predicted octanol–water partition coefficient (Wildman–Crippen LogP) is -1.40. The van der Waals surface area contributed by atoms with E-state index in [-0.39, 0.29) is 36.8 Å². The van der Waals surface area contributed by atoms with E-state index in [9.17, 15) is 9.90 Å². The predicted molar refractivity (Wildman–Crippen MR) is 77.8 cm³/mol. The van der Waals surface area contributed by atoms with E-state index in [4.69, 9.17) is 4.74 Å². The molecule has 0 radical (unpaired) electrons. The van der Waals surface area contributed by atoms with Crippen molar-refractivity contribution in [1.82, 2.24) is 3.53 Å². The van der Waals surface area contributed by atoms with E-state index in [1.54, 1.807) is 0 Å². The molecule has 2 N–H and O–H groups in total. The fourth-order valence-electron chi connectivity index (χ4n) is 5.05. The minimum atomic E-state index is -0.566. The standard InChI is InChI=1S/C14H20I2NO3/c1-12(19)4-13(2-8-3-14(8,5-12)6-13)7-20-11(18)9(15)10-16-17-10/h8-10,17,19H,2-7H2,1H3/q-1. The topological polar surface area (TPSA) is 68.5 Å². The molecule has 1 saturated heterocycles. The first-order valence-corrected chi connectivity index (χ1v) is 10.8. The van der Waals surface area contributed by atoms with Crippen LogP contribution in [0.4, 0.5) is 0 Å². The van der Waals surface area contributed by atoms with Crippen LogP contribution in [0.5, 0.6) is 0 Å². The van der Waals surface area contributed by atoms with Crippen LogP contribution in [0.1, 0.15) is 39.0 Å². The molecule has 114 valence electrons. The Morgan fingerprint density at radius 1 is 1.50 bits per heavy atom. The SMILES string of the molecule is CC1(O)CC2(COC(=O)C(I)C3N[I-]3)CC3CC3(C1)C2. The van der Waals surface area contributed by atoms with Gasteiger partial charge in [-0.2, -0.15) is 0 Å². The van der Waals surface area contributed by atoms with E-state index in [1.807, 2.05) is 6.92 Å². The number of fused-ring (bicyclic) bond motifs is 1. The summed E-state index contributed by atoms with van der Waals surface area (Å²) in [6.45, 7) is 2.48. The van der Waals surface area contributed by atoms with E-state index in [0.717, 1.165) is 31.6 Å².